The Morgan fingerprint density at radius 2 is 0.300 bits per heavy atom. The monoisotopic (exact) mass is 461 g/mol. The molecule has 10 heavy (non-hydrogen) atoms. The van der Waals surface area contributed by atoms with E-state index in [0.29, 0.717) is 0 Å². The van der Waals surface area contributed by atoms with Gasteiger partial charge in [0.15, 0.2) is 0 Å². The predicted octanol–water partition coefficient (Wildman–Crippen LogP) is 1.14. The van der Waals surface area contributed by atoms with E-state index >= 15 is 0 Å². The molecule has 0 saturated heterocycles. The van der Waals surface area contributed by atoms with E-state index in [0.717, 1.165) is 0 Å². The summed E-state index contributed by atoms with van der Waals surface area (Å²) in [7, 11) is 0. The minimum absolute atomic E-state index is 0. The van der Waals surface area contributed by atoms with Crippen LogP contribution in [0.3, 0.4) is 0 Å². The van der Waals surface area contributed by atoms with E-state index in [1.807, 2.05) is 0 Å². The van der Waals surface area contributed by atoms with Gasteiger partial charge in [0.05, 0.1) is 0 Å². The van der Waals surface area contributed by atoms with E-state index in [1.54, 1.807) is 0 Å². The Balaban J connectivity index is 0. The first-order chi connectivity index (χ1) is 0. The average molecular weight is 465 g/mol. The maximum absolute atomic E-state index is 0. The number of hydrogen-bond acceptors (Lipinski definition) is 0. The minimum atomic E-state index is 0. The molecule has 41 valence electrons. The fraction of sp³-hybridized carbons (Fsp3) is 0. The SMILES string of the molecule is [N-3].[N-3].[N-3].[N-3].[Sc].[Sc].[Sc].[Zr+4].[Zr+4].[Zr+4]. The average Bonchev–Trinajstić information content (AvgIpc) is 0. The van der Waals surface area contributed by atoms with Gasteiger partial charge in [-0.25, -0.2) is 0 Å². The minimum Gasteiger partial charge on any atom is -3.00 e. The van der Waals surface area contributed by atoms with Crippen LogP contribution in [0.1, 0.15) is 0 Å². The van der Waals surface area contributed by atoms with Gasteiger partial charge in [-0.1, -0.05) is 0 Å². The molecule has 10 heteroatoms. The van der Waals surface area contributed by atoms with Gasteiger partial charge >= 0.3 is 78.6 Å². The Morgan fingerprint density at radius 1 is 0.300 bits per heavy atom. The maximum atomic E-state index is 0. The van der Waals surface area contributed by atoms with Crippen LogP contribution in [-0.2, 0) is 156 Å². The van der Waals surface area contributed by atoms with Crippen LogP contribution >= 0.6 is 0 Å². The molecule has 0 aromatic rings. The topological polar surface area (TPSA) is 122 Å². The molecule has 0 aromatic heterocycles. The Morgan fingerprint density at radius 3 is 0.300 bits per heavy atom. The van der Waals surface area contributed by atoms with Crippen LogP contribution in [0.5, 0.6) is 0 Å². The van der Waals surface area contributed by atoms with Crippen molar-refractivity contribution in [3.63, 3.8) is 0 Å². The van der Waals surface area contributed by atoms with Crippen LogP contribution in [0, 0.1) is 0 Å². The van der Waals surface area contributed by atoms with Crippen molar-refractivity contribution in [2.45, 2.75) is 0 Å². The first kappa shape index (κ1) is 115. The smallest absolute Gasteiger partial charge is 3.00 e. The van der Waals surface area contributed by atoms with Crippen LogP contribution < -0.4 is 0 Å². The molecule has 0 aromatic carbocycles. The molecule has 4 nitrogen and oxygen atoms in total. The zero-order chi connectivity index (χ0) is 0. The third kappa shape index (κ3) is 73.7. The van der Waals surface area contributed by atoms with E-state index in [2.05, 4.69) is 0 Å². The molecule has 0 N–H and O–H groups in total. The standard InChI is InChI=1S/4N.3Sc.3Zr/q4*-3;;;;3*+4. The molecule has 0 aliphatic rings. The molecular weight excluding hydrogens is 465 g/mol. The van der Waals surface area contributed by atoms with Crippen molar-refractivity contribution in [3.05, 3.63) is 24.6 Å². The predicted molar refractivity (Wildman–Crippen MR) is 13.4 cm³/mol. The largest absolute Gasteiger partial charge is 4.00 e. The van der Waals surface area contributed by atoms with Crippen molar-refractivity contribution in [3.8, 4) is 0 Å². The normalized spacial score (nSPS) is 0. The Hall–Kier alpha value is 5.10. The molecule has 0 amide bonds. The zero-order valence-electron chi connectivity index (χ0n) is 5.02. The van der Waals surface area contributed by atoms with E-state index in [1.165, 1.54) is 0 Å². The van der Waals surface area contributed by atoms with Gasteiger partial charge in [-0.05, 0) is 0 Å². The Kier molecular flexibility index (Phi) is 1070. The summed E-state index contributed by atoms with van der Waals surface area (Å²) in [4.78, 5) is 0. The summed E-state index contributed by atoms with van der Waals surface area (Å²) in [5.41, 5.74) is 0. The first-order valence-electron chi connectivity index (χ1n) is 0. The van der Waals surface area contributed by atoms with Crippen LogP contribution in [0.25, 0.3) is 24.6 Å². The van der Waals surface area contributed by atoms with Crippen LogP contribution in [0.15, 0.2) is 0 Å². The summed E-state index contributed by atoms with van der Waals surface area (Å²) >= 11 is 0. The fourth-order valence-electron chi connectivity index (χ4n) is 0. The molecule has 0 saturated carbocycles. The third-order valence-electron chi connectivity index (χ3n) is 0. The zero-order valence-corrected chi connectivity index (χ0v) is 17.8. The van der Waals surface area contributed by atoms with E-state index in [-0.39, 0.29) is 181 Å². The summed E-state index contributed by atoms with van der Waals surface area (Å²) in [6.07, 6.45) is 0. The van der Waals surface area contributed by atoms with Crippen molar-refractivity contribution in [2.24, 2.45) is 0 Å². The Bertz CT molecular complexity index is 15.7. The summed E-state index contributed by atoms with van der Waals surface area (Å²) in [6.45, 7) is 0. The van der Waals surface area contributed by atoms with Crippen LogP contribution in [0.2, 0.25) is 0 Å². The van der Waals surface area contributed by atoms with Crippen molar-refractivity contribution in [1.29, 1.82) is 0 Å². The van der Waals surface area contributed by atoms with Crippen molar-refractivity contribution in [2.75, 3.05) is 0 Å². The molecule has 0 spiro atoms. The van der Waals surface area contributed by atoms with E-state index < -0.39 is 0 Å². The second-order valence-electron chi connectivity index (χ2n) is 0. The van der Waals surface area contributed by atoms with Crippen LogP contribution in [-0.4, -0.2) is 0 Å². The quantitative estimate of drug-likeness (QED) is 0.510. The molecule has 0 atom stereocenters. The first-order valence-corrected chi connectivity index (χ1v) is 0. The molecule has 0 aliphatic heterocycles. The molecule has 0 aliphatic carbocycles. The van der Waals surface area contributed by atoms with Crippen molar-refractivity contribution < 1.29 is 156 Å². The van der Waals surface area contributed by atoms with E-state index in [9.17, 15) is 0 Å². The summed E-state index contributed by atoms with van der Waals surface area (Å²) in [5, 5.41) is 0. The molecule has 0 rings (SSSR count). The van der Waals surface area contributed by atoms with Gasteiger partial charge in [0.25, 0.3) is 0 Å². The van der Waals surface area contributed by atoms with Gasteiger partial charge in [0.1, 0.15) is 0 Å². The molecule has 0 unspecified atom stereocenters. The van der Waals surface area contributed by atoms with Crippen LogP contribution in [0.4, 0.5) is 0 Å². The molecule has 0 heterocycles. The Labute approximate surface area is 176 Å². The van der Waals surface area contributed by atoms with Gasteiger partial charge in [-0.2, -0.15) is 0 Å². The molecular formula is N4Sc3Zr3. The number of rotatable bonds is 0. The molecule has 0 fully saturated rings. The molecule has 0 bridgehead atoms. The van der Waals surface area contributed by atoms with Gasteiger partial charge in [-0.15, -0.1) is 0 Å². The van der Waals surface area contributed by atoms with Crippen molar-refractivity contribution in [1.82, 2.24) is 0 Å². The third-order valence-corrected chi connectivity index (χ3v) is 0. The second-order valence-corrected chi connectivity index (χ2v) is 0. The van der Waals surface area contributed by atoms with Gasteiger partial charge < -0.3 is 24.6 Å². The summed E-state index contributed by atoms with van der Waals surface area (Å²) in [5.74, 6) is 0. The van der Waals surface area contributed by atoms with Gasteiger partial charge in [0.2, 0.25) is 0 Å². The number of hydrogen-bond donors (Lipinski definition) is 0. The molecule has 3 radical (unpaired) electrons. The van der Waals surface area contributed by atoms with Crippen molar-refractivity contribution >= 4 is 0 Å². The van der Waals surface area contributed by atoms with E-state index in [4.69, 9.17) is 0 Å². The van der Waals surface area contributed by atoms with Gasteiger partial charge in [-0.3, -0.25) is 0 Å². The summed E-state index contributed by atoms with van der Waals surface area (Å²) in [6, 6.07) is 0. The number of nitrogens with zero attached hydrogens (tertiary/aromatic N) is 4. The summed E-state index contributed by atoms with van der Waals surface area (Å²) < 4.78 is 0. The fourth-order valence-corrected chi connectivity index (χ4v) is 0. The second kappa shape index (κ2) is 93.0. The maximum Gasteiger partial charge on any atom is 4.00 e. The van der Waals surface area contributed by atoms with Gasteiger partial charge in [0, 0.05) is 77.5 Å².